The van der Waals surface area contributed by atoms with E-state index in [9.17, 15) is 14.0 Å². The van der Waals surface area contributed by atoms with Crippen LogP contribution in [0.2, 0.25) is 0 Å². The van der Waals surface area contributed by atoms with Crippen LogP contribution >= 0.6 is 22.7 Å². The molecule has 0 fully saturated rings. The number of rotatable bonds is 6. The molecule has 2 N–H and O–H groups in total. The van der Waals surface area contributed by atoms with Gasteiger partial charge in [0.15, 0.2) is 5.13 Å². The molecule has 2 aromatic heterocycles. The van der Waals surface area contributed by atoms with Crippen LogP contribution in [0.5, 0.6) is 0 Å². The molecule has 146 valence electrons. The van der Waals surface area contributed by atoms with E-state index in [4.69, 9.17) is 0 Å². The Morgan fingerprint density at radius 2 is 2.11 bits per heavy atom. The minimum Gasteiger partial charge on any atom is -0.335 e. The van der Waals surface area contributed by atoms with Gasteiger partial charge < -0.3 is 10.2 Å². The van der Waals surface area contributed by atoms with Gasteiger partial charge in [-0.05, 0) is 24.6 Å². The molecule has 10 heteroatoms. The maximum absolute atomic E-state index is 13.1. The highest BCUT2D eigenvalue weighted by Gasteiger charge is 2.18. The Kier molecular flexibility index (Phi) is 6.32. The number of carbonyl (C=O) groups is 2. The highest BCUT2D eigenvalue weighted by atomic mass is 32.1. The molecule has 0 radical (unpaired) electrons. The van der Waals surface area contributed by atoms with Crippen LogP contribution in [0, 0.1) is 12.7 Å². The van der Waals surface area contributed by atoms with Gasteiger partial charge in [0, 0.05) is 19.0 Å². The van der Waals surface area contributed by atoms with E-state index in [2.05, 4.69) is 20.6 Å². The second-order valence-electron chi connectivity index (χ2n) is 6.01. The second kappa shape index (κ2) is 8.89. The Balaban J connectivity index is 1.51. The van der Waals surface area contributed by atoms with E-state index in [1.54, 1.807) is 41.9 Å². The summed E-state index contributed by atoms with van der Waals surface area (Å²) in [5.41, 5.74) is 3.68. The van der Waals surface area contributed by atoms with Crippen molar-refractivity contribution in [2.75, 3.05) is 12.4 Å². The van der Waals surface area contributed by atoms with Gasteiger partial charge in [-0.25, -0.2) is 19.2 Å². The van der Waals surface area contributed by atoms with Gasteiger partial charge in [-0.15, -0.1) is 22.7 Å². The van der Waals surface area contributed by atoms with Crippen molar-refractivity contribution in [3.8, 4) is 0 Å². The van der Waals surface area contributed by atoms with Crippen molar-refractivity contribution in [1.29, 1.82) is 0 Å². The third-order valence-electron chi connectivity index (χ3n) is 3.80. The van der Waals surface area contributed by atoms with Crippen LogP contribution in [-0.2, 0) is 13.1 Å². The lowest BCUT2D eigenvalue weighted by Gasteiger charge is -2.14. The van der Waals surface area contributed by atoms with Crippen molar-refractivity contribution < 1.29 is 14.0 Å². The van der Waals surface area contributed by atoms with Crippen molar-refractivity contribution in [1.82, 2.24) is 20.2 Å². The highest BCUT2D eigenvalue weighted by Crippen LogP contribution is 2.19. The molecule has 1 aromatic carbocycles. The van der Waals surface area contributed by atoms with Crippen LogP contribution in [0.15, 0.2) is 35.2 Å². The number of aromatic nitrogens is 2. The quantitative estimate of drug-likeness (QED) is 0.639. The third-order valence-corrected chi connectivity index (χ3v) is 5.52. The summed E-state index contributed by atoms with van der Waals surface area (Å²) in [6.07, 6.45) is 0. The topological polar surface area (TPSA) is 87.2 Å². The van der Waals surface area contributed by atoms with Crippen LogP contribution < -0.4 is 10.6 Å². The number of aryl methyl sites for hydroxylation is 1. The van der Waals surface area contributed by atoms with E-state index < -0.39 is 6.03 Å². The smallest absolute Gasteiger partial charge is 0.321 e. The van der Waals surface area contributed by atoms with Crippen LogP contribution in [0.1, 0.15) is 26.6 Å². The molecule has 0 unspecified atom stereocenters. The van der Waals surface area contributed by atoms with Crippen LogP contribution in [0.25, 0.3) is 0 Å². The Morgan fingerprint density at radius 1 is 1.29 bits per heavy atom. The van der Waals surface area contributed by atoms with Crippen LogP contribution in [0.4, 0.5) is 14.3 Å². The first-order valence-electron chi connectivity index (χ1n) is 8.31. The normalized spacial score (nSPS) is 10.5. The zero-order valence-corrected chi connectivity index (χ0v) is 16.9. The molecule has 0 saturated carbocycles. The number of hydrogen-bond acceptors (Lipinski definition) is 6. The van der Waals surface area contributed by atoms with Crippen LogP contribution in [0.3, 0.4) is 0 Å². The molecule has 3 rings (SSSR count). The first kappa shape index (κ1) is 19.9. The SMILES string of the molecule is Cc1ncsc1C(=O)N(C)Cc1csc(NC(=O)NCc2cccc(F)c2)n1. The number of halogens is 1. The summed E-state index contributed by atoms with van der Waals surface area (Å²) in [7, 11) is 1.69. The summed E-state index contributed by atoms with van der Waals surface area (Å²) < 4.78 is 13.1. The van der Waals surface area contributed by atoms with Crippen LogP contribution in [-0.4, -0.2) is 33.9 Å². The lowest BCUT2D eigenvalue weighted by molar-refractivity contribution is 0.0787. The van der Waals surface area contributed by atoms with Crippen molar-refractivity contribution in [2.24, 2.45) is 0 Å². The summed E-state index contributed by atoms with van der Waals surface area (Å²) in [4.78, 5) is 35.0. The Bertz CT molecular complexity index is 988. The van der Waals surface area contributed by atoms with E-state index >= 15 is 0 Å². The number of amides is 3. The van der Waals surface area contributed by atoms with E-state index in [-0.39, 0.29) is 18.3 Å². The fourth-order valence-corrected chi connectivity index (χ4v) is 3.90. The van der Waals surface area contributed by atoms with Gasteiger partial charge in [-0.3, -0.25) is 10.1 Å². The first-order chi connectivity index (χ1) is 13.4. The number of anilines is 1. The molecule has 7 nitrogen and oxygen atoms in total. The number of benzene rings is 1. The summed E-state index contributed by atoms with van der Waals surface area (Å²) in [5.74, 6) is -0.466. The van der Waals surface area contributed by atoms with Crippen molar-refractivity contribution in [2.45, 2.75) is 20.0 Å². The number of nitrogens with one attached hydrogen (secondary N) is 2. The Morgan fingerprint density at radius 3 is 2.82 bits per heavy atom. The van der Waals surface area contributed by atoms with Crippen molar-refractivity contribution in [3.63, 3.8) is 0 Å². The molecule has 0 saturated heterocycles. The van der Waals surface area contributed by atoms with E-state index in [0.29, 0.717) is 33.5 Å². The minimum atomic E-state index is -0.435. The average molecular weight is 420 g/mol. The monoisotopic (exact) mass is 419 g/mol. The zero-order chi connectivity index (χ0) is 20.1. The predicted molar refractivity (Wildman–Crippen MR) is 107 cm³/mol. The van der Waals surface area contributed by atoms with Crippen molar-refractivity contribution in [3.05, 3.63) is 62.8 Å². The van der Waals surface area contributed by atoms with Gasteiger partial charge in [-0.1, -0.05) is 12.1 Å². The summed E-state index contributed by atoms with van der Waals surface area (Å²) in [5, 5.41) is 7.49. The number of thiazole rings is 2. The zero-order valence-electron chi connectivity index (χ0n) is 15.2. The highest BCUT2D eigenvalue weighted by molar-refractivity contribution is 7.14. The standard InChI is InChI=1S/C18H18FN5O2S2/c1-11-15(28-10-21-11)16(25)24(2)8-14-9-27-18(22-14)23-17(26)20-7-12-4-3-5-13(19)6-12/h3-6,9-10H,7-8H2,1-2H3,(H2,20,22,23,26). The van der Waals surface area contributed by atoms with Gasteiger partial charge in [0.05, 0.1) is 23.4 Å². The van der Waals surface area contributed by atoms with Gasteiger partial charge in [-0.2, -0.15) is 0 Å². The molecule has 2 heterocycles. The molecule has 0 spiro atoms. The molecule has 3 aromatic rings. The lowest BCUT2D eigenvalue weighted by Crippen LogP contribution is -2.28. The van der Waals surface area contributed by atoms with Gasteiger partial charge >= 0.3 is 6.03 Å². The Hall–Kier alpha value is -2.85. The van der Waals surface area contributed by atoms with Crippen molar-refractivity contribution >= 4 is 39.7 Å². The molecule has 28 heavy (non-hydrogen) atoms. The molecule has 0 atom stereocenters. The largest absolute Gasteiger partial charge is 0.335 e. The number of nitrogens with zero attached hydrogens (tertiary/aromatic N) is 3. The molecule has 0 aliphatic heterocycles. The summed E-state index contributed by atoms with van der Waals surface area (Å²) in [6, 6.07) is 5.58. The number of urea groups is 1. The number of carbonyl (C=O) groups excluding carboxylic acids is 2. The fraction of sp³-hybridized carbons (Fsp3) is 0.222. The van der Waals surface area contributed by atoms with E-state index in [1.807, 2.05) is 0 Å². The Labute approximate surface area is 169 Å². The summed E-state index contributed by atoms with van der Waals surface area (Å²) >= 11 is 2.57. The minimum absolute atomic E-state index is 0.115. The summed E-state index contributed by atoms with van der Waals surface area (Å²) in [6.45, 7) is 2.32. The molecular formula is C18H18FN5O2S2. The first-order valence-corrected chi connectivity index (χ1v) is 10.1. The lowest BCUT2D eigenvalue weighted by atomic mass is 10.2. The average Bonchev–Trinajstić information content (AvgIpc) is 3.28. The fourth-order valence-electron chi connectivity index (χ4n) is 2.40. The van der Waals surface area contributed by atoms with Gasteiger partial charge in [0.1, 0.15) is 10.7 Å². The second-order valence-corrected chi connectivity index (χ2v) is 7.72. The van der Waals surface area contributed by atoms with E-state index in [0.717, 1.165) is 0 Å². The number of hydrogen-bond donors (Lipinski definition) is 2. The maximum atomic E-state index is 13.1. The molecule has 0 aliphatic carbocycles. The maximum Gasteiger partial charge on any atom is 0.321 e. The predicted octanol–water partition coefficient (Wildman–Crippen LogP) is 3.64. The van der Waals surface area contributed by atoms with E-state index in [1.165, 1.54) is 34.8 Å². The molecule has 0 aliphatic rings. The van der Waals surface area contributed by atoms with Gasteiger partial charge in [0.2, 0.25) is 0 Å². The molecule has 0 bridgehead atoms. The molecular weight excluding hydrogens is 401 g/mol. The van der Waals surface area contributed by atoms with Gasteiger partial charge in [0.25, 0.3) is 5.91 Å². The molecule has 3 amide bonds. The third kappa shape index (κ3) is 5.11.